The van der Waals surface area contributed by atoms with Crippen LogP contribution in [0.5, 0.6) is 0 Å². The van der Waals surface area contributed by atoms with Crippen LogP contribution in [0.3, 0.4) is 0 Å². The Hall–Kier alpha value is -1.63. The van der Waals surface area contributed by atoms with E-state index in [-0.39, 0.29) is 22.2 Å². The average molecular weight is 329 g/mol. The molecule has 0 aliphatic rings. The predicted octanol–water partition coefficient (Wildman–Crippen LogP) is 3.05. The number of aryl methyl sites for hydroxylation is 1. The van der Waals surface area contributed by atoms with Crippen molar-refractivity contribution in [1.82, 2.24) is 0 Å². The van der Waals surface area contributed by atoms with E-state index in [1.165, 1.54) is 12.1 Å². The van der Waals surface area contributed by atoms with Gasteiger partial charge < -0.3 is 5.73 Å². The molecule has 112 valence electrons. The summed E-state index contributed by atoms with van der Waals surface area (Å²) in [5.41, 5.74) is 6.91. The molecule has 0 heterocycles. The SMILES string of the molecule is Cc1ccc(Cl)c(NS(=O)(=O)c2cc(F)ccc2CN)c1. The third-order valence-electron chi connectivity index (χ3n) is 2.90. The van der Waals surface area contributed by atoms with E-state index >= 15 is 0 Å². The van der Waals surface area contributed by atoms with Crippen LogP contribution in [-0.4, -0.2) is 8.42 Å². The number of hydrogen-bond acceptors (Lipinski definition) is 3. The maximum absolute atomic E-state index is 13.3. The normalized spacial score (nSPS) is 11.4. The lowest BCUT2D eigenvalue weighted by Gasteiger charge is -2.13. The van der Waals surface area contributed by atoms with Crippen LogP contribution >= 0.6 is 11.6 Å². The van der Waals surface area contributed by atoms with Gasteiger partial charge in [-0.2, -0.15) is 0 Å². The van der Waals surface area contributed by atoms with Crippen molar-refractivity contribution >= 4 is 27.3 Å². The zero-order chi connectivity index (χ0) is 15.6. The minimum Gasteiger partial charge on any atom is -0.326 e. The summed E-state index contributed by atoms with van der Waals surface area (Å²) >= 11 is 5.97. The topological polar surface area (TPSA) is 72.2 Å². The second kappa shape index (κ2) is 6.01. The van der Waals surface area contributed by atoms with Crippen molar-refractivity contribution in [2.45, 2.75) is 18.4 Å². The molecule has 7 heteroatoms. The van der Waals surface area contributed by atoms with Gasteiger partial charge in [0, 0.05) is 6.54 Å². The quantitative estimate of drug-likeness (QED) is 0.906. The minimum atomic E-state index is -3.97. The lowest BCUT2D eigenvalue weighted by atomic mass is 10.2. The molecule has 21 heavy (non-hydrogen) atoms. The number of benzene rings is 2. The lowest BCUT2D eigenvalue weighted by Crippen LogP contribution is -2.17. The van der Waals surface area contributed by atoms with Gasteiger partial charge in [-0.15, -0.1) is 0 Å². The number of halogens is 2. The number of nitrogens with two attached hydrogens (primary N) is 1. The predicted molar refractivity (Wildman–Crippen MR) is 81.3 cm³/mol. The first kappa shape index (κ1) is 15.8. The summed E-state index contributed by atoms with van der Waals surface area (Å²) in [5, 5.41) is 0.259. The highest BCUT2D eigenvalue weighted by atomic mass is 35.5. The molecule has 2 aromatic carbocycles. The van der Waals surface area contributed by atoms with Crippen molar-refractivity contribution < 1.29 is 12.8 Å². The van der Waals surface area contributed by atoms with Crippen LogP contribution in [-0.2, 0) is 16.6 Å². The Labute approximate surface area is 127 Å². The Balaban J connectivity index is 2.48. The summed E-state index contributed by atoms with van der Waals surface area (Å²) in [7, 11) is -3.97. The van der Waals surface area contributed by atoms with Crippen LogP contribution in [0.25, 0.3) is 0 Å². The van der Waals surface area contributed by atoms with Crippen molar-refractivity contribution in [2.24, 2.45) is 5.73 Å². The molecule has 0 radical (unpaired) electrons. The van der Waals surface area contributed by atoms with Crippen LogP contribution in [0.1, 0.15) is 11.1 Å². The van der Waals surface area contributed by atoms with Gasteiger partial charge in [0.1, 0.15) is 5.82 Å². The van der Waals surface area contributed by atoms with Crippen molar-refractivity contribution in [3.05, 3.63) is 58.4 Å². The fraction of sp³-hybridized carbons (Fsp3) is 0.143. The van der Waals surface area contributed by atoms with Crippen LogP contribution in [0, 0.1) is 12.7 Å². The van der Waals surface area contributed by atoms with E-state index < -0.39 is 15.8 Å². The first-order chi connectivity index (χ1) is 9.83. The van der Waals surface area contributed by atoms with Gasteiger partial charge in [0.25, 0.3) is 10.0 Å². The largest absolute Gasteiger partial charge is 0.326 e. The minimum absolute atomic E-state index is 0.0158. The first-order valence-corrected chi connectivity index (χ1v) is 7.97. The van der Waals surface area contributed by atoms with Crippen molar-refractivity contribution in [3.63, 3.8) is 0 Å². The molecule has 0 saturated carbocycles. The summed E-state index contributed by atoms with van der Waals surface area (Å²) in [6.07, 6.45) is 0. The smallest absolute Gasteiger partial charge is 0.262 e. The number of hydrogen-bond donors (Lipinski definition) is 2. The van der Waals surface area contributed by atoms with Crippen molar-refractivity contribution in [1.29, 1.82) is 0 Å². The number of rotatable bonds is 4. The van der Waals surface area contributed by atoms with Gasteiger partial charge in [-0.3, -0.25) is 4.72 Å². The van der Waals surface area contributed by atoms with Crippen LogP contribution in [0.15, 0.2) is 41.3 Å². The fourth-order valence-corrected chi connectivity index (χ4v) is 3.42. The maximum atomic E-state index is 13.3. The molecule has 3 N–H and O–H groups in total. The van der Waals surface area contributed by atoms with E-state index in [0.717, 1.165) is 11.6 Å². The lowest BCUT2D eigenvalue weighted by molar-refractivity contribution is 0.593. The zero-order valence-corrected chi connectivity index (χ0v) is 12.8. The van der Waals surface area contributed by atoms with E-state index in [1.54, 1.807) is 18.2 Å². The van der Waals surface area contributed by atoms with Crippen LogP contribution < -0.4 is 10.5 Å². The summed E-state index contributed by atoms with van der Waals surface area (Å²) in [4.78, 5) is -0.192. The summed E-state index contributed by atoms with van der Waals surface area (Å²) < 4.78 is 40.5. The van der Waals surface area contributed by atoms with Gasteiger partial charge >= 0.3 is 0 Å². The molecule has 4 nitrogen and oxygen atoms in total. The van der Waals surface area contributed by atoms with E-state index in [1.807, 2.05) is 6.92 Å². The monoisotopic (exact) mass is 328 g/mol. The Morgan fingerprint density at radius 1 is 1.24 bits per heavy atom. The van der Waals surface area contributed by atoms with Gasteiger partial charge in [-0.05, 0) is 42.3 Å². The van der Waals surface area contributed by atoms with E-state index in [9.17, 15) is 12.8 Å². The average Bonchev–Trinajstić information content (AvgIpc) is 2.42. The number of nitrogens with one attached hydrogen (secondary N) is 1. The van der Waals surface area contributed by atoms with Gasteiger partial charge in [-0.25, -0.2) is 12.8 Å². The number of sulfonamides is 1. The van der Waals surface area contributed by atoms with E-state index in [0.29, 0.717) is 5.56 Å². The Bertz CT molecular complexity index is 779. The molecule has 0 spiro atoms. The molecule has 0 bridgehead atoms. The number of anilines is 1. The van der Waals surface area contributed by atoms with Gasteiger partial charge in [0.05, 0.1) is 15.6 Å². The summed E-state index contributed by atoms with van der Waals surface area (Å²) in [6.45, 7) is 1.79. The fourth-order valence-electron chi connectivity index (χ4n) is 1.86. The molecule has 0 fully saturated rings. The molecule has 0 unspecified atom stereocenters. The Kier molecular flexibility index (Phi) is 4.51. The molecule has 2 aromatic rings. The van der Waals surface area contributed by atoms with Gasteiger partial charge in [0.2, 0.25) is 0 Å². The highest BCUT2D eigenvalue weighted by Gasteiger charge is 2.20. The third-order valence-corrected chi connectivity index (χ3v) is 4.68. The summed E-state index contributed by atoms with van der Waals surface area (Å²) in [6, 6.07) is 8.40. The Morgan fingerprint density at radius 2 is 1.95 bits per heavy atom. The van der Waals surface area contributed by atoms with Crippen LogP contribution in [0.4, 0.5) is 10.1 Å². The van der Waals surface area contributed by atoms with E-state index in [4.69, 9.17) is 17.3 Å². The van der Waals surface area contributed by atoms with Crippen LogP contribution in [0.2, 0.25) is 5.02 Å². The molecule has 0 aliphatic carbocycles. The zero-order valence-electron chi connectivity index (χ0n) is 11.2. The molecular formula is C14H14ClFN2O2S. The summed E-state index contributed by atoms with van der Waals surface area (Å²) in [5.74, 6) is -0.650. The molecule has 2 rings (SSSR count). The second-order valence-electron chi connectivity index (χ2n) is 4.54. The van der Waals surface area contributed by atoms with Crippen molar-refractivity contribution in [2.75, 3.05) is 4.72 Å². The maximum Gasteiger partial charge on any atom is 0.262 e. The second-order valence-corrected chi connectivity index (χ2v) is 6.60. The molecule has 0 aliphatic heterocycles. The van der Waals surface area contributed by atoms with E-state index in [2.05, 4.69) is 4.72 Å². The molecule has 0 saturated heterocycles. The molecule has 0 atom stereocenters. The van der Waals surface area contributed by atoms with Gasteiger partial charge in [-0.1, -0.05) is 23.7 Å². The highest BCUT2D eigenvalue weighted by Crippen LogP contribution is 2.27. The Morgan fingerprint density at radius 3 is 2.62 bits per heavy atom. The first-order valence-electron chi connectivity index (χ1n) is 6.11. The molecular weight excluding hydrogens is 315 g/mol. The molecule has 0 amide bonds. The third kappa shape index (κ3) is 3.53. The standard InChI is InChI=1S/C14H14ClFN2O2S/c1-9-2-5-12(15)13(6-9)18-21(19,20)14-7-11(16)4-3-10(14)8-17/h2-7,18H,8,17H2,1H3. The molecule has 0 aromatic heterocycles. The van der Waals surface area contributed by atoms with Gasteiger partial charge in [0.15, 0.2) is 0 Å². The van der Waals surface area contributed by atoms with Crippen molar-refractivity contribution in [3.8, 4) is 0 Å². The highest BCUT2D eigenvalue weighted by molar-refractivity contribution is 7.92.